The lowest BCUT2D eigenvalue weighted by atomic mass is 9.54. The van der Waals surface area contributed by atoms with Gasteiger partial charge in [0, 0.05) is 46.4 Å². The van der Waals surface area contributed by atoms with E-state index in [1.807, 2.05) is 0 Å². The average Bonchev–Trinajstić information content (AvgIpc) is 1.44. The van der Waals surface area contributed by atoms with Crippen molar-refractivity contribution in [3.63, 3.8) is 0 Å². The smallest absolute Gasteiger partial charge is 0.444 e. The number of para-hydroxylation sites is 2. The van der Waals surface area contributed by atoms with E-state index in [2.05, 4.69) is 10.6 Å². The van der Waals surface area contributed by atoms with Crippen molar-refractivity contribution in [2.24, 2.45) is 0 Å². The Morgan fingerprint density at radius 3 is 1.42 bits per heavy atom. The normalized spacial score (nSPS) is 27.6. The molecule has 508 valence electrons. The van der Waals surface area contributed by atoms with E-state index in [1.165, 1.54) is 82.2 Å². The van der Waals surface area contributed by atoms with E-state index in [0.717, 1.165) is 51.8 Å². The molecule has 0 radical (unpaired) electrons. The number of nitrogens with one attached hydrogen (secondary N) is 2. The molecule has 4 aromatic carbocycles. The first-order chi connectivity index (χ1) is 45.3. The van der Waals surface area contributed by atoms with Crippen LogP contribution in [0.3, 0.4) is 0 Å². The second kappa shape index (κ2) is 25.4. The summed E-state index contributed by atoms with van der Waals surface area (Å²) in [5, 5.41) is 5.36. The Morgan fingerprint density at radius 2 is 0.968 bits per heavy atom. The quantitative estimate of drug-likeness (QED) is 0.0347. The lowest BCUT2D eigenvalue weighted by molar-refractivity contribution is -0.167. The topological polar surface area (TPSA) is 313 Å². The van der Waals surface area contributed by atoms with Crippen LogP contribution >= 0.6 is 43.2 Å². The predicted molar refractivity (Wildman–Crippen MR) is 349 cm³/mol. The van der Waals surface area contributed by atoms with E-state index in [1.54, 1.807) is 88.4 Å². The number of rotatable bonds is 24. The highest BCUT2D eigenvalue weighted by molar-refractivity contribution is 8.78. The molecule has 33 heteroatoms. The first-order valence-corrected chi connectivity index (χ1v) is 37.8. The maximum absolute atomic E-state index is 16.6. The van der Waals surface area contributed by atoms with E-state index in [0.29, 0.717) is 6.42 Å². The standard InChI is InChI=1S/C62H70N8O19S6/c1-7-85-54(77)87-38-61-51(74)67-47-57(36-59(67,90-92-61)49(72)65(61)5,42-24-14-16-26-44(42)69(47)94(79,80)40-20-10-8-11-21-40)58-37-60-50(73)66(6)62(93-91-60,52(75)68(60)48(58)70(45-27-17-15-25-43(45)58)95(81,82)41-22-12-9-13-23-41)39-88-55(78)86-31-19-18-28-46(71)63-29-32-83-34-35-84-33-30-64-53(76)89-56(2,3)4/h8-17,20-27,47-48H,7,18-19,28-39H2,1-6H3,(H,63,71)(H,64,76)/t47-,48-,57-,58-,59-,60-,61-,62-/m0/s1. The van der Waals surface area contributed by atoms with Crippen molar-refractivity contribution in [1.29, 1.82) is 0 Å². The molecule has 0 saturated carbocycles. The van der Waals surface area contributed by atoms with Gasteiger partial charge in [-0.3, -0.25) is 33.8 Å². The Balaban J connectivity index is 0.858. The Labute approximate surface area is 564 Å². The summed E-state index contributed by atoms with van der Waals surface area (Å²) >= 11 is 0. The van der Waals surface area contributed by atoms with Gasteiger partial charge in [-0.15, -0.1) is 0 Å². The van der Waals surface area contributed by atoms with Crippen LogP contribution < -0.4 is 19.2 Å². The van der Waals surface area contributed by atoms with Crippen LogP contribution in [0.1, 0.15) is 70.9 Å². The van der Waals surface area contributed by atoms with Crippen molar-refractivity contribution in [1.82, 2.24) is 30.2 Å². The maximum atomic E-state index is 16.6. The number of nitrogens with zero attached hydrogens (tertiary/aromatic N) is 6. The molecule has 8 saturated heterocycles. The molecule has 8 fully saturated rings. The van der Waals surface area contributed by atoms with Gasteiger partial charge in [-0.25, -0.2) is 39.8 Å². The molecule has 10 aliphatic rings. The van der Waals surface area contributed by atoms with Gasteiger partial charge >= 0.3 is 18.4 Å². The zero-order valence-corrected chi connectivity index (χ0v) is 57.4. The molecule has 2 spiro atoms. The van der Waals surface area contributed by atoms with Crippen molar-refractivity contribution in [3.8, 4) is 0 Å². The molecule has 2 N–H and O–H groups in total. The lowest BCUT2D eigenvalue weighted by Gasteiger charge is -2.58. The van der Waals surface area contributed by atoms with E-state index in [4.69, 9.17) is 33.2 Å². The van der Waals surface area contributed by atoms with Crippen LogP contribution in [-0.4, -0.2) is 202 Å². The number of sulfonamides is 2. The summed E-state index contributed by atoms with van der Waals surface area (Å²) < 4.78 is 105. The fourth-order valence-electron chi connectivity index (χ4n) is 14.3. The first kappa shape index (κ1) is 67.8. The second-order valence-electron chi connectivity index (χ2n) is 24.7. The van der Waals surface area contributed by atoms with Gasteiger partial charge in [0.15, 0.2) is 9.74 Å². The molecule has 14 rings (SSSR count). The van der Waals surface area contributed by atoms with E-state index < -0.39 is 136 Å². The minimum Gasteiger partial charge on any atom is -0.444 e. The molecule has 10 heterocycles. The van der Waals surface area contributed by atoms with Gasteiger partial charge in [0.25, 0.3) is 43.7 Å². The van der Waals surface area contributed by atoms with Crippen LogP contribution in [0.4, 0.5) is 25.8 Å². The van der Waals surface area contributed by atoms with Crippen molar-refractivity contribution in [2.45, 2.75) is 118 Å². The summed E-state index contributed by atoms with van der Waals surface area (Å²) in [6.07, 6.45) is -6.72. The number of amides is 6. The SMILES string of the molecule is CCOC(=O)OC[C@]12SS[C@@]3(C[C@]4([C@]56C[C@@]78SS[C@@](COC(=O)OCCCCC(=O)NCCOCCOCCNC(=O)OC(C)(C)C)(C(=O)N7[C@H]5N(S(=O)(=O)c5ccccc5)c5ccccc56)N(C)C8=O)c5ccccc5N(S(=O)(=O)c5ccccc5)[C@@H]4N3C1=O)C(=O)N2C. The number of anilines is 2. The Hall–Kier alpha value is -7.14. The molecule has 6 amide bonds. The number of hydrogen-bond acceptors (Lipinski definition) is 23. The molecule has 27 nitrogen and oxygen atoms in total. The predicted octanol–water partition coefficient (Wildman–Crippen LogP) is 6.09. The van der Waals surface area contributed by atoms with Gasteiger partial charge in [0.05, 0.1) is 71.6 Å². The number of hydrogen-bond donors (Lipinski definition) is 2. The van der Waals surface area contributed by atoms with Crippen LogP contribution in [0, 0.1) is 0 Å². The fourth-order valence-corrected chi connectivity index (χ4v) is 25.0. The van der Waals surface area contributed by atoms with Crippen LogP contribution in [-0.2, 0) is 88.0 Å². The second-order valence-corrected chi connectivity index (χ2v) is 33.7. The van der Waals surface area contributed by atoms with Crippen molar-refractivity contribution < 1.29 is 88.3 Å². The molecule has 0 aliphatic carbocycles. The number of unbranched alkanes of at least 4 members (excludes halogenated alkanes) is 1. The summed E-state index contributed by atoms with van der Waals surface area (Å²) in [5.41, 5.74) is -4.02. The van der Waals surface area contributed by atoms with Gasteiger partial charge < -0.3 is 53.6 Å². The number of carbonyl (C=O) groups is 8. The number of fused-ring (bicyclic) bond motifs is 11. The maximum Gasteiger partial charge on any atom is 0.508 e. The van der Waals surface area contributed by atoms with Crippen LogP contribution in [0.5, 0.6) is 0 Å². The third kappa shape index (κ3) is 10.6. The number of ether oxygens (including phenoxy) is 7. The number of alkyl carbamates (subject to hydrolysis) is 1. The summed E-state index contributed by atoms with van der Waals surface area (Å²) in [6, 6.07) is 28.0. The Kier molecular flexibility index (Phi) is 18.1. The zero-order valence-electron chi connectivity index (χ0n) is 52.5. The average molecular weight is 1420 g/mol. The van der Waals surface area contributed by atoms with Crippen molar-refractivity contribution in [2.75, 3.05) is 88.7 Å². The van der Waals surface area contributed by atoms with Gasteiger partial charge in [0.1, 0.15) is 31.1 Å². The van der Waals surface area contributed by atoms with Crippen molar-refractivity contribution >= 4 is 123 Å². The van der Waals surface area contributed by atoms with Crippen LogP contribution in [0.2, 0.25) is 0 Å². The Bertz CT molecular complexity index is 3990. The number of likely N-dealkylation sites (N-methyl/N-ethyl adjacent to an activating group) is 2. The third-order valence-corrected chi connectivity index (χ3v) is 29.1. The largest absolute Gasteiger partial charge is 0.508 e. The van der Waals surface area contributed by atoms with Gasteiger partial charge in [0.2, 0.25) is 15.6 Å². The first-order valence-electron chi connectivity index (χ1n) is 30.6. The van der Waals surface area contributed by atoms with E-state index in [-0.39, 0.29) is 104 Å². The number of carbonyl (C=O) groups excluding carboxylic acids is 8. The molecule has 95 heavy (non-hydrogen) atoms. The van der Waals surface area contributed by atoms with Gasteiger partial charge in [-0.05, 0) is 110 Å². The number of benzene rings is 4. The van der Waals surface area contributed by atoms with Gasteiger partial charge in [-0.2, -0.15) is 0 Å². The van der Waals surface area contributed by atoms with Gasteiger partial charge in [-0.1, -0.05) is 94.4 Å². The fraction of sp³-hybridized carbons (Fsp3) is 0.484. The summed E-state index contributed by atoms with van der Waals surface area (Å²) in [6.45, 7) is 6.54. The molecular weight excluding hydrogens is 1350 g/mol. The summed E-state index contributed by atoms with van der Waals surface area (Å²) in [5.74, 6) is -3.32. The zero-order chi connectivity index (χ0) is 67.7. The number of piperazine rings is 2. The minimum atomic E-state index is -4.89. The highest BCUT2D eigenvalue weighted by Gasteiger charge is 2.90. The third-order valence-electron chi connectivity index (χ3n) is 18.3. The summed E-state index contributed by atoms with van der Waals surface area (Å²) in [7, 11) is -3.18. The molecule has 0 unspecified atom stereocenters. The van der Waals surface area contributed by atoms with E-state index >= 15 is 36.0 Å². The molecular formula is C62H70N8O19S6. The molecule has 10 aliphatic heterocycles. The minimum absolute atomic E-state index is 0.0588. The molecule has 0 aromatic heterocycles. The lowest BCUT2D eigenvalue weighted by Crippen LogP contribution is -2.78. The highest BCUT2D eigenvalue weighted by Crippen LogP contribution is 2.81. The van der Waals surface area contributed by atoms with Crippen LogP contribution in [0.25, 0.3) is 0 Å². The molecule has 4 bridgehead atoms. The van der Waals surface area contributed by atoms with E-state index in [9.17, 15) is 19.2 Å². The highest BCUT2D eigenvalue weighted by atomic mass is 33.1. The molecule has 8 atom stereocenters. The Morgan fingerprint density at radius 1 is 0.537 bits per heavy atom. The van der Waals surface area contributed by atoms with Crippen LogP contribution in [0.15, 0.2) is 119 Å². The summed E-state index contributed by atoms with van der Waals surface area (Å²) in [4.78, 5) is 112. The van der Waals surface area contributed by atoms with Crippen molar-refractivity contribution in [3.05, 3.63) is 120 Å². The molecule has 4 aromatic rings. The monoisotopic (exact) mass is 1420 g/mol.